The molecule has 10 heavy (non-hydrogen) atoms. The molecule has 62 valence electrons. The van der Waals surface area contributed by atoms with Crippen molar-refractivity contribution in [2.24, 2.45) is 0 Å². The van der Waals surface area contributed by atoms with E-state index in [0.717, 1.165) is 0 Å². The zero-order valence-corrected chi connectivity index (χ0v) is 7.87. The molecule has 0 radical (unpaired) electrons. The maximum atomic E-state index is 11.5. The molecule has 0 rings (SSSR count). The summed E-state index contributed by atoms with van der Waals surface area (Å²) in [7, 11) is 0.614. The van der Waals surface area contributed by atoms with E-state index in [1.165, 1.54) is 0 Å². The summed E-state index contributed by atoms with van der Waals surface area (Å²) in [4.78, 5) is 0. The standard InChI is InChI=1S/C5H11F3OSi/c6-5(7,8)3-1-2-4-9-10/h1-4H2,10H3. The van der Waals surface area contributed by atoms with Crippen molar-refractivity contribution in [3.8, 4) is 0 Å². The van der Waals surface area contributed by atoms with E-state index in [0.29, 0.717) is 23.5 Å². The first-order valence-electron chi connectivity index (χ1n) is 3.12. The topological polar surface area (TPSA) is 9.23 Å². The van der Waals surface area contributed by atoms with Crippen molar-refractivity contribution in [3.63, 3.8) is 0 Å². The number of hydrogen-bond acceptors (Lipinski definition) is 1. The van der Waals surface area contributed by atoms with Gasteiger partial charge in [0.15, 0.2) is 0 Å². The summed E-state index contributed by atoms with van der Waals surface area (Å²) in [6.07, 6.45) is -3.97. The zero-order chi connectivity index (χ0) is 8.04. The molecule has 0 heterocycles. The Kier molecular flexibility index (Phi) is 4.72. The maximum absolute atomic E-state index is 11.5. The lowest BCUT2D eigenvalue weighted by Crippen LogP contribution is -2.07. The van der Waals surface area contributed by atoms with Crippen LogP contribution in [0, 0.1) is 0 Å². The molecule has 0 saturated heterocycles. The predicted molar refractivity (Wildman–Crippen MR) is 35.8 cm³/mol. The van der Waals surface area contributed by atoms with Crippen LogP contribution in [0.3, 0.4) is 0 Å². The highest BCUT2D eigenvalue weighted by Crippen LogP contribution is 2.21. The minimum atomic E-state index is -3.99. The number of rotatable bonds is 4. The van der Waals surface area contributed by atoms with Gasteiger partial charge in [0.1, 0.15) is 10.5 Å². The molecule has 0 aliphatic heterocycles. The minimum Gasteiger partial charge on any atom is -0.428 e. The van der Waals surface area contributed by atoms with E-state index < -0.39 is 12.6 Å². The van der Waals surface area contributed by atoms with Crippen molar-refractivity contribution in [2.75, 3.05) is 6.61 Å². The Morgan fingerprint density at radius 2 is 1.80 bits per heavy atom. The SMILES string of the molecule is FC(F)(F)CCCCO[SiH3]. The second-order valence-corrected chi connectivity index (χ2v) is 2.64. The Balaban J connectivity index is 3.04. The molecule has 0 fully saturated rings. The molecule has 0 aliphatic rings. The van der Waals surface area contributed by atoms with Crippen LogP contribution < -0.4 is 0 Å². The van der Waals surface area contributed by atoms with Crippen molar-refractivity contribution >= 4 is 10.5 Å². The van der Waals surface area contributed by atoms with Gasteiger partial charge in [0.05, 0.1) is 0 Å². The quantitative estimate of drug-likeness (QED) is 0.454. The van der Waals surface area contributed by atoms with Crippen LogP contribution in [0.5, 0.6) is 0 Å². The van der Waals surface area contributed by atoms with Crippen LogP contribution in [0.25, 0.3) is 0 Å². The van der Waals surface area contributed by atoms with Crippen molar-refractivity contribution in [2.45, 2.75) is 25.4 Å². The first-order chi connectivity index (χ1) is 4.56. The van der Waals surface area contributed by atoms with Crippen LogP contribution in [0.2, 0.25) is 0 Å². The highest BCUT2D eigenvalue weighted by Gasteiger charge is 2.25. The summed E-state index contributed by atoms with van der Waals surface area (Å²) in [5.74, 6) is 0. The average Bonchev–Trinajstić information content (AvgIpc) is 1.78. The predicted octanol–water partition coefficient (Wildman–Crippen LogP) is 1.02. The Hall–Kier alpha value is -0.0331. The Bertz CT molecular complexity index is 83.5. The smallest absolute Gasteiger partial charge is 0.389 e. The van der Waals surface area contributed by atoms with Gasteiger partial charge in [0.2, 0.25) is 0 Å². The summed E-state index contributed by atoms with van der Waals surface area (Å²) < 4.78 is 39.1. The van der Waals surface area contributed by atoms with Gasteiger partial charge in [-0.05, 0) is 12.8 Å². The second kappa shape index (κ2) is 4.73. The van der Waals surface area contributed by atoms with Gasteiger partial charge in [0.25, 0.3) is 0 Å². The van der Waals surface area contributed by atoms with Gasteiger partial charge in [-0.25, -0.2) is 0 Å². The molecule has 0 aromatic heterocycles. The summed E-state index contributed by atoms with van der Waals surface area (Å²) in [5.41, 5.74) is 0. The zero-order valence-electron chi connectivity index (χ0n) is 5.87. The molecular formula is C5H11F3OSi. The molecule has 5 heteroatoms. The number of alkyl halides is 3. The third-order valence-electron chi connectivity index (χ3n) is 1.06. The van der Waals surface area contributed by atoms with Gasteiger partial charge in [-0.1, -0.05) is 0 Å². The fraction of sp³-hybridized carbons (Fsp3) is 1.00. The lowest BCUT2D eigenvalue weighted by Gasteiger charge is -2.04. The van der Waals surface area contributed by atoms with Crippen LogP contribution in [-0.2, 0) is 4.43 Å². The Labute approximate surface area is 61.1 Å². The molecular weight excluding hydrogens is 161 g/mol. The monoisotopic (exact) mass is 172 g/mol. The highest BCUT2D eigenvalue weighted by atomic mass is 28.2. The Morgan fingerprint density at radius 3 is 2.20 bits per heavy atom. The Morgan fingerprint density at radius 1 is 1.20 bits per heavy atom. The first-order valence-corrected chi connectivity index (χ1v) is 3.93. The molecule has 0 saturated carbocycles. The molecule has 0 bridgehead atoms. The summed E-state index contributed by atoms with van der Waals surface area (Å²) >= 11 is 0. The lowest BCUT2D eigenvalue weighted by molar-refractivity contribution is -0.135. The van der Waals surface area contributed by atoms with E-state index in [1.54, 1.807) is 0 Å². The van der Waals surface area contributed by atoms with E-state index in [9.17, 15) is 13.2 Å². The third kappa shape index (κ3) is 7.97. The molecule has 0 atom stereocenters. The molecule has 0 unspecified atom stereocenters. The number of unbranched alkanes of at least 4 members (excludes halogenated alkanes) is 1. The summed E-state index contributed by atoms with van der Waals surface area (Å²) in [6.45, 7) is 0.475. The van der Waals surface area contributed by atoms with E-state index in [2.05, 4.69) is 0 Å². The van der Waals surface area contributed by atoms with Gasteiger partial charge in [-0.3, -0.25) is 0 Å². The molecule has 0 aliphatic carbocycles. The molecule has 1 nitrogen and oxygen atoms in total. The van der Waals surface area contributed by atoms with Crippen molar-refractivity contribution < 1.29 is 17.6 Å². The number of hydrogen-bond donors (Lipinski definition) is 0. The van der Waals surface area contributed by atoms with Gasteiger partial charge < -0.3 is 4.43 Å². The van der Waals surface area contributed by atoms with E-state index >= 15 is 0 Å². The maximum Gasteiger partial charge on any atom is 0.389 e. The van der Waals surface area contributed by atoms with Crippen molar-refractivity contribution in [1.29, 1.82) is 0 Å². The van der Waals surface area contributed by atoms with Crippen LogP contribution >= 0.6 is 0 Å². The molecule has 0 aromatic rings. The van der Waals surface area contributed by atoms with Crippen LogP contribution in [0.1, 0.15) is 19.3 Å². The molecule has 0 N–H and O–H groups in total. The van der Waals surface area contributed by atoms with Crippen molar-refractivity contribution in [1.82, 2.24) is 0 Å². The molecule has 0 amide bonds. The van der Waals surface area contributed by atoms with E-state index in [-0.39, 0.29) is 6.42 Å². The van der Waals surface area contributed by atoms with Gasteiger partial charge in [-0.15, -0.1) is 0 Å². The van der Waals surface area contributed by atoms with Gasteiger partial charge in [0, 0.05) is 13.0 Å². The van der Waals surface area contributed by atoms with Gasteiger partial charge in [-0.2, -0.15) is 13.2 Å². The normalized spacial score (nSPS) is 12.3. The number of halogens is 3. The van der Waals surface area contributed by atoms with E-state index in [1.807, 2.05) is 0 Å². The molecule has 0 aromatic carbocycles. The minimum absolute atomic E-state index is 0.186. The largest absolute Gasteiger partial charge is 0.428 e. The van der Waals surface area contributed by atoms with Crippen LogP contribution in [-0.4, -0.2) is 23.3 Å². The van der Waals surface area contributed by atoms with Crippen molar-refractivity contribution in [3.05, 3.63) is 0 Å². The van der Waals surface area contributed by atoms with Crippen LogP contribution in [0.15, 0.2) is 0 Å². The summed E-state index contributed by atoms with van der Waals surface area (Å²) in [5, 5.41) is 0. The first kappa shape index (κ1) is 9.97. The lowest BCUT2D eigenvalue weighted by atomic mass is 10.2. The van der Waals surface area contributed by atoms with E-state index in [4.69, 9.17) is 4.43 Å². The highest BCUT2D eigenvalue weighted by molar-refractivity contribution is 5.97. The van der Waals surface area contributed by atoms with Crippen LogP contribution in [0.4, 0.5) is 13.2 Å². The van der Waals surface area contributed by atoms with Gasteiger partial charge >= 0.3 is 6.18 Å². The molecule has 0 spiro atoms. The summed E-state index contributed by atoms with van der Waals surface area (Å²) in [6, 6.07) is 0. The fourth-order valence-corrected chi connectivity index (χ4v) is 0.861. The second-order valence-electron chi connectivity index (χ2n) is 2.07. The third-order valence-corrected chi connectivity index (χ3v) is 1.47. The average molecular weight is 172 g/mol. The fourth-order valence-electron chi connectivity index (χ4n) is 0.572.